The van der Waals surface area contributed by atoms with Crippen LogP contribution in [0.25, 0.3) is 11.1 Å². The first-order valence-electron chi connectivity index (χ1n) is 7.93. The molecule has 1 aliphatic rings. The number of ether oxygens (including phenoxy) is 2. The zero-order valence-corrected chi connectivity index (χ0v) is 14.4. The van der Waals surface area contributed by atoms with Gasteiger partial charge in [-0.05, 0) is 18.2 Å². The Morgan fingerprint density at radius 1 is 1.08 bits per heavy atom. The van der Waals surface area contributed by atoms with E-state index in [0.717, 1.165) is 34.6 Å². The molecule has 0 saturated carbocycles. The highest BCUT2D eigenvalue weighted by Gasteiger charge is 2.23. The third-order valence-electron chi connectivity index (χ3n) is 4.11. The van der Waals surface area contributed by atoms with E-state index in [1.54, 1.807) is 25.4 Å². The van der Waals surface area contributed by atoms with Crippen molar-refractivity contribution in [2.24, 2.45) is 0 Å². The van der Waals surface area contributed by atoms with Gasteiger partial charge < -0.3 is 14.8 Å². The van der Waals surface area contributed by atoms with Gasteiger partial charge in [-0.3, -0.25) is 0 Å². The molecule has 0 spiro atoms. The fraction of sp³-hybridized carbons (Fsp3) is 0.158. The second-order valence-corrected chi connectivity index (χ2v) is 6.05. The number of methoxy groups -OCH3 is 1. The molecule has 5 nitrogen and oxygen atoms in total. The molecule has 25 heavy (non-hydrogen) atoms. The van der Waals surface area contributed by atoms with Crippen molar-refractivity contribution < 1.29 is 9.47 Å². The first-order valence-corrected chi connectivity index (χ1v) is 8.30. The fourth-order valence-electron chi connectivity index (χ4n) is 2.95. The van der Waals surface area contributed by atoms with Crippen LogP contribution in [-0.2, 0) is 6.42 Å². The molecule has 0 aliphatic carbocycles. The predicted molar refractivity (Wildman–Crippen MR) is 98.0 cm³/mol. The Labute approximate surface area is 150 Å². The van der Waals surface area contributed by atoms with Gasteiger partial charge in [-0.2, -0.15) is 0 Å². The van der Waals surface area contributed by atoms with E-state index in [1.165, 1.54) is 0 Å². The Bertz CT molecular complexity index is 913. The lowest BCUT2D eigenvalue weighted by Crippen LogP contribution is -2.00. The van der Waals surface area contributed by atoms with Gasteiger partial charge in [-0.25, -0.2) is 9.97 Å². The van der Waals surface area contributed by atoms with Crippen molar-refractivity contribution in [2.45, 2.75) is 6.42 Å². The first kappa shape index (κ1) is 15.7. The Morgan fingerprint density at radius 3 is 2.76 bits per heavy atom. The maximum Gasteiger partial charge on any atom is 0.174 e. The molecule has 0 fully saturated rings. The van der Waals surface area contributed by atoms with Crippen molar-refractivity contribution in [1.82, 2.24) is 9.97 Å². The topological polar surface area (TPSA) is 56.3 Å². The van der Waals surface area contributed by atoms with Crippen molar-refractivity contribution >= 4 is 23.2 Å². The number of hydrogen-bond acceptors (Lipinski definition) is 5. The maximum atomic E-state index is 5.88. The highest BCUT2D eigenvalue weighted by Crippen LogP contribution is 2.42. The van der Waals surface area contributed by atoms with E-state index in [1.807, 2.05) is 30.5 Å². The zero-order chi connectivity index (χ0) is 17.2. The van der Waals surface area contributed by atoms with Crippen LogP contribution in [0.3, 0.4) is 0 Å². The second-order valence-electron chi connectivity index (χ2n) is 5.61. The van der Waals surface area contributed by atoms with Crippen LogP contribution in [0.15, 0.2) is 48.8 Å². The van der Waals surface area contributed by atoms with E-state index >= 15 is 0 Å². The Balaban J connectivity index is 1.75. The average Bonchev–Trinajstić information content (AvgIpc) is 3.14. The molecule has 1 aromatic carbocycles. The largest absolute Gasteiger partial charge is 0.496 e. The molecule has 126 valence electrons. The molecule has 0 saturated heterocycles. The Hall–Kier alpha value is -2.79. The molecule has 2 aromatic heterocycles. The molecule has 0 bridgehead atoms. The van der Waals surface area contributed by atoms with Crippen LogP contribution >= 0.6 is 11.6 Å². The van der Waals surface area contributed by atoms with Gasteiger partial charge in [0.1, 0.15) is 11.6 Å². The standard InChI is InChI=1S/C19H16ClN3O2/c1-24-16-5-3-2-4-13(16)15-11-22-19(18-14(15)8-9-25-18)23-17-7-6-12(20)10-21-17/h2-7,10-11H,8-9H2,1H3,(H,21,22,23). The summed E-state index contributed by atoms with van der Waals surface area (Å²) >= 11 is 5.88. The van der Waals surface area contributed by atoms with Gasteiger partial charge in [0.2, 0.25) is 0 Å². The molecular formula is C19H16ClN3O2. The van der Waals surface area contributed by atoms with Crippen molar-refractivity contribution in [3.8, 4) is 22.6 Å². The summed E-state index contributed by atoms with van der Waals surface area (Å²) in [4.78, 5) is 8.80. The zero-order valence-electron chi connectivity index (χ0n) is 13.6. The minimum atomic E-state index is 0.589. The smallest absolute Gasteiger partial charge is 0.174 e. The highest BCUT2D eigenvalue weighted by molar-refractivity contribution is 6.30. The third-order valence-corrected chi connectivity index (χ3v) is 4.33. The molecule has 0 unspecified atom stereocenters. The number of aromatic nitrogens is 2. The summed E-state index contributed by atoms with van der Waals surface area (Å²) in [6.45, 7) is 0.631. The minimum absolute atomic E-state index is 0.589. The minimum Gasteiger partial charge on any atom is -0.496 e. The van der Waals surface area contributed by atoms with Crippen LogP contribution < -0.4 is 14.8 Å². The van der Waals surface area contributed by atoms with E-state index in [-0.39, 0.29) is 0 Å². The van der Waals surface area contributed by atoms with Crippen molar-refractivity contribution in [1.29, 1.82) is 0 Å². The quantitative estimate of drug-likeness (QED) is 0.749. The van der Waals surface area contributed by atoms with Crippen LogP contribution in [0, 0.1) is 0 Å². The molecule has 0 atom stereocenters. The normalized spacial score (nSPS) is 12.4. The molecule has 1 aliphatic heterocycles. The Kier molecular flexibility index (Phi) is 4.15. The maximum absolute atomic E-state index is 5.88. The molecule has 6 heteroatoms. The van der Waals surface area contributed by atoms with Crippen LogP contribution in [0.1, 0.15) is 5.56 Å². The van der Waals surface area contributed by atoms with E-state index in [2.05, 4.69) is 15.3 Å². The average molecular weight is 354 g/mol. The van der Waals surface area contributed by atoms with Crippen LogP contribution in [-0.4, -0.2) is 23.7 Å². The number of hydrogen-bond donors (Lipinski definition) is 1. The predicted octanol–water partition coefficient (Wildman–Crippen LogP) is 4.48. The number of nitrogens with zero attached hydrogens (tertiary/aromatic N) is 2. The van der Waals surface area contributed by atoms with Gasteiger partial charge in [0, 0.05) is 35.5 Å². The number of nitrogens with one attached hydrogen (secondary N) is 1. The first-order chi connectivity index (χ1) is 12.3. The number of fused-ring (bicyclic) bond motifs is 1. The third kappa shape index (κ3) is 2.98. The van der Waals surface area contributed by atoms with Crippen LogP contribution in [0.5, 0.6) is 11.5 Å². The number of benzene rings is 1. The van der Waals surface area contributed by atoms with Crippen molar-refractivity contribution in [3.05, 3.63) is 59.4 Å². The lowest BCUT2D eigenvalue weighted by molar-refractivity contribution is 0.357. The van der Waals surface area contributed by atoms with Gasteiger partial charge >= 0.3 is 0 Å². The lowest BCUT2D eigenvalue weighted by Gasteiger charge is -2.14. The van der Waals surface area contributed by atoms with E-state index < -0.39 is 0 Å². The molecular weight excluding hydrogens is 338 g/mol. The summed E-state index contributed by atoms with van der Waals surface area (Å²) in [5.74, 6) is 2.90. The summed E-state index contributed by atoms with van der Waals surface area (Å²) in [5.41, 5.74) is 3.16. The fourth-order valence-corrected chi connectivity index (χ4v) is 3.06. The van der Waals surface area contributed by atoms with Gasteiger partial charge in [-0.1, -0.05) is 29.8 Å². The summed E-state index contributed by atoms with van der Waals surface area (Å²) in [7, 11) is 1.67. The number of anilines is 2. The van der Waals surface area contributed by atoms with Gasteiger partial charge in [0.25, 0.3) is 0 Å². The van der Waals surface area contributed by atoms with E-state index in [4.69, 9.17) is 21.1 Å². The van der Waals surface area contributed by atoms with E-state index in [9.17, 15) is 0 Å². The summed E-state index contributed by atoms with van der Waals surface area (Å²) in [6.07, 6.45) is 4.27. The second kappa shape index (κ2) is 6.61. The molecule has 0 radical (unpaired) electrons. The van der Waals surface area contributed by atoms with Crippen molar-refractivity contribution in [2.75, 3.05) is 19.0 Å². The van der Waals surface area contributed by atoms with Gasteiger partial charge in [0.15, 0.2) is 11.6 Å². The molecule has 0 amide bonds. The number of halogens is 1. The Morgan fingerprint density at radius 2 is 1.96 bits per heavy atom. The van der Waals surface area contributed by atoms with Crippen molar-refractivity contribution in [3.63, 3.8) is 0 Å². The number of para-hydroxylation sites is 1. The summed E-state index contributed by atoms with van der Waals surface area (Å²) < 4.78 is 11.3. The molecule has 3 heterocycles. The van der Waals surface area contributed by atoms with Gasteiger partial charge in [-0.15, -0.1) is 0 Å². The summed E-state index contributed by atoms with van der Waals surface area (Å²) in [5, 5.41) is 3.79. The molecule has 3 aromatic rings. The van der Waals surface area contributed by atoms with E-state index in [0.29, 0.717) is 23.3 Å². The number of rotatable bonds is 4. The molecule has 1 N–H and O–H groups in total. The highest BCUT2D eigenvalue weighted by atomic mass is 35.5. The monoisotopic (exact) mass is 353 g/mol. The SMILES string of the molecule is COc1ccccc1-c1cnc(Nc2ccc(Cl)cn2)c2c1CCO2. The molecule has 4 rings (SSSR count). The van der Waals surface area contributed by atoms with Gasteiger partial charge in [0.05, 0.1) is 18.7 Å². The number of pyridine rings is 2. The van der Waals surface area contributed by atoms with Crippen LogP contribution in [0.2, 0.25) is 5.02 Å². The van der Waals surface area contributed by atoms with Crippen LogP contribution in [0.4, 0.5) is 11.6 Å². The lowest BCUT2D eigenvalue weighted by atomic mass is 9.99. The summed E-state index contributed by atoms with van der Waals surface area (Å²) in [6, 6.07) is 11.5.